The van der Waals surface area contributed by atoms with Gasteiger partial charge in [-0.1, -0.05) is 27.7 Å². The number of carbonyl (C=O) groups is 3. The van der Waals surface area contributed by atoms with Crippen LogP contribution in [0.5, 0.6) is 0 Å². The summed E-state index contributed by atoms with van der Waals surface area (Å²) in [6, 6.07) is 0. The summed E-state index contributed by atoms with van der Waals surface area (Å²) in [7, 11) is 0. The summed E-state index contributed by atoms with van der Waals surface area (Å²) < 4.78 is 0. The van der Waals surface area contributed by atoms with Crippen molar-refractivity contribution < 1.29 is 14.4 Å². The van der Waals surface area contributed by atoms with Crippen LogP contribution in [0.25, 0.3) is 0 Å². The van der Waals surface area contributed by atoms with Gasteiger partial charge in [0.25, 0.3) is 0 Å². The topological polar surface area (TPSA) is 54.5 Å². The van der Waals surface area contributed by atoms with E-state index in [0.29, 0.717) is 25.8 Å². The quantitative estimate of drug-likeness (QED) is 0.541. The molecule has 1 saturated heterocycles. The van der Waals surface area contributed by atoms with Crippen LogP contribution in [0.3, 0.4) is 0 Å². The smallest absolute Gasteiger partial charge is 0.229 e. The van der Waals surface area contributed by atoms with E-state index in [4.69, 9.17) is 0 Å². The van der Waals surface area contributed by atoms with Gasteiger partial charge in [-0.05, 0) is 12.8 Å². The molecule has 0 N–H and O–H groups in total. The van der Waals surface area contributed by atoms with Crippen molar-refractivity contribution in [2.24, 2.45) is 5.92 Å². The van der Waals surface area contributed by atoms with Gasteiger partial charge in [-0.3, -0.25) is 19.3 Å². The van der Waals surface area contributed by atoms with E-state index < -0.39 is 0 Å². The Morgan fingerprint density at radius 2 is 1.61 bits per heavy atom. The summed E-state index contributed by atoms with van der Waals surface area (Å²) in [6.45, 7) is 8.24. The van der Waals surface area contributed by atoms with Crippen molar-refractivity contribution in [3.8, 4) is 0 Å². The summed E-state index contributed by atoms with van der Waals surface area (Å²) in [4.78, 5) is 35.2. The fourth-order valence-electron chi connectivity index (χ4n) is 1.73. The van der Waals surface area contributed by atoms with Crippen LogP contribution < -0.4 is 0 Å². The molecule has 0 spiro atoms. The van der Waals surface area contributed by atoms with Crippen LogP contribution in [-0.2, 0) is 14.4 Å². The Bertz CT molecular complexity index is 281. The van der Waals surface area contributed by atoms with Gasteiger partial charge in [0.05, 0.1) is 0 Å². The Morgan fingerprint density at radius 1 is 1.11 bits per heavy atom. The van der Waals surface area contributed by atoms with E-state index >= 15 is 0 Å². The van der Waals surface area contributed by atoms with Crippen molar-refractivity contribution in [1.29, 1.82) is 0 Å². The predicted octanol–water partition coefficient (Wildman–Crippen LogP) is 2.56. The van der Waals surface area contributed by atoms with Crippen molar-refractivity contribution in [3.05, 3.63) is 0 Å². The fourth-order valence-corrected chi connectivity index (χ4v) is 1.73. The molecule has 0 saturated carbocycles. The third kappa shape index (κ3) is 5.43. The number of ketones is 1. The van der Waals surface area contributed by atoms with Crippen LogP contribution >= 0.6 is 0 Å². The third-order valence-electron chi connectivity index (χ3n) is 2.85. The molecule has 1 rings (SSSR count). The standard InChI is InChI=1S/C12H19NO3.C2H6/c1-9(2)10(14)5-3-4-8-13-11(15)6-7-12(13)16;1-2/h9H,3-8H2,1-2H3;1-2H3. The molecule has 2 amide bonds. The molecule has 104 valence electrons. The zero-order chi connectivity index (χ0) is 14.1. The summed E-state index contributed by atoms with van der Waals surface area (Å²) in [6.07, 6.45) is 2.74. The Balaban J connectivity index is 0.00000137. The van der Waals surface area contributed by atoms with E-state index in [1.807, 2.05) is 27.7 Å². The van der Waals surface area contributed by atoms with E-state index in [-0.39, 0.29) is 23.5 Å². The normalized spacial score (nSPS) is 14.8. The van der Waals surface area contributed by atoms with E-state index in [9.17, 15) is 14.4 Å². The number of amides is 2. The zero-order valence-electron chi connectivity index (χ0n) is 12.0. The predicted molar refractivity (Wildman–Crippen MR) is 71.0 cm³/mol. The minimum atomic E-state index is -0.0693. The zero-order valence-corrected chi connectivity index (χ0v) is 12.0. The molecule has 0 radical (unpaired) electrons. The molecule has 0 aliphatic carbocycles. The lowest BCUT2D eigenvalue weighted by atomic mass is 10.0. The van der Waals surface area contributed by atoms with E-state index in [2.05, 4.69) is 0 Å². The van der Waals surface area contributed by atoms with Crippen molar-refractivity contribution in [2.45, 2.75) is 59.8 Å². The lowest BCUT2D eigenvalue weighted by molar-refractivity contribution is -0.138. The maximum atomic E-state index is 11.3. The van der Waals surface area contributed by atoms with Gasteiger partial charge in [0.2, 0.25) is 11.8 Å². The summed E-state index contributed by atoms with van der Waals surface area (Å²) >= 11 is 0. The van der Waals surface area contributed by atoms with Gasteiger partial charge >= 0.3 is 0 Å². The lowest BCUT2D eigenvalue weighted by Crippen LogP contribution is -2.30. The number of nitrogens with zero attached hydrogens (tertiary/aromatic N) is 1. The molecular weight excluding hydrogens is 230 g/mol. The molecule has 0 atom stereocenters. The summed E-state index contributed by atoms with van der Waals surface area (Å²) in [5, 5.41) is 0. The summed E-state index contributed by atoms with van der Waals surface area (Å²) in [5.41, 5.74) is 0. The first-order valence-electron chi connectivity index (χ1n) is 6.88. The number of hydrogen-bond donors (Lipinski definition) is 0. The molecule has 1 aliphatic heterocycles. The molecule has 1 fully saturated rings. The number of unbranched alkanes of at least 4 members (excludes halogenated alkanes) is 1. The maximum Gasteiger partial charge on any atom is 0.229 e. The monoisotopic (exact) mass is 255 g/mol. The van der Waals surface area contributed by atoms with Crippen molar-refractivity contribution >= 4 is 17.6 Å². The molecule has 1 aliphatic rings. The molecule has 0 unspecified atom stereocenters. The number of Topliss-reactive ketones (excluding diaryl/α,β-unsaturated/α-hetero) is 1. The minimum absolute atomic E-state index is 0.0693. The highest BCUT2D eigenvalue weighted by Crippen LogP contribution is 2.13. The van der Waals surface area contributed by atoms with Crippen LogP contribution in [-0.4, -0.2) is 29.0 Å². The van der Waals surface area contributed by atoms with E-state index in [1.165, 1.54) is 4.90 Å². The van der Waals surface area contributed by atoms with Crippen LogP contribution in [0.15, 0.2) is 0 Å². The average molecular weight is 255 g/mol. The van der Waals surface area contributed by atoms with Gasteiger partial charge in [0.15, 0.2) is 0 Å². The van der Waals surface area contributed by atoms with Crippen molar-refractivity contribution in [3.63, 3.8) is 0 Å². The largest absolute Gasteiger partial charge is 0.299 e. The molecule has 0 aromatic carbocycles. The molecule has 0 aromatic rings. The van der Waals surface area contributed by atoms with Gasteiger partial charge < -0.3 is 0 Å². The van der Waals surface area contributed by atoms with Crippen molar-refractivity contribution in [2.75, 3.05) is 6.54 Å². The second kappa shape index (κ2) is 8.84. The molecule has 0 bridgehead atoms. The Hall–Kier alpha value is -1.19. The van der Waals surface area contributed by atoms with Crippen LogP contribution in [0.4, 0.5) is 0 Å². The number of hydrogen-bond acceptors (Lipinski definition) is 3. The second-order valence-electron chi connectivity index (χ2n) is 4.52. The first-order chi connectivity index (χ1) is 8.52. The number of likely N-dealkylation sites (tertiary alicyclic amines) is 1. The van der Waals surface area contributed by atoms with Crippen LogP contribution in [0.1, 0.15) is 59.8 Å². The second-order valence-corrected chi connectivity index (χ2v) is 4.52. The Labute approximate surface area is 110 Å². The first-order valence-corrected chi connectivity index (χ1v) is 6.88. The van der Waals surface area contributed by atoms with Gasteiger partial charge in [-0.2, -0.15) is 0 Å². The minimum Gasteiger partial charge on any atom is -0.299 e. The molecule has 4 heteroatoms. The highest BCUT2D eigenvalue weighted by Gasteiger charge is 2.27. The van der Waals surface area contributed by atoms with Gasteiger partial charge in [-0.25, -0.2) is 0 Å². The SMILES string of the molecule is CC.CC(C)C(=O)CCCCN1C(=O)CCC1=O. The van der Waals surface area contributed by atoms with Crippen LogP contribution in [0, 0.1) is 5.92 Å². The van der Waals surface area contributed by atoms with Gasteiger partial charge in [-0.15, -0.1) is 0 Å². The molecule has 1 heterocycles. The van der Waals surface area contributed by atoms with E-state index in [0.717, 1.165) is 12.8 Å². The molecule has 18 heavy (non-hydrogen) atoms. The number of imide groups is 1. The molecule has 0 aromatic heterocycles. The lowest BCUT2D eigenvalue weighted by Gasteiger charge is -2.13. The molecule has 4 nitrogen and oxygen atoms in total. The highest BCUT2D eigenvalue weighted by atomic mass is 16.2. The van der Waals surface area contributed by atoms with Gasteiger partial charge in [0, 0.05) is 31.7 Å². The Kier molecular flexibility index (Phi) is 8.25. The van der Waals surface area contributed by atoms with Crippen molar-refractivity contribution in [1.82, 2.24) is 4.90 Å². The summed E-state index contributed by atoms with van der Waals surface area (Å²) in [5.74, 6) is 0.189. The first kappa shape index (κ1) is 16.8. The average Bonchev–Trinajstić information content (AvgIpc) is 2.67. The van der Waals surface area contributed by atoms with Crippen LogP contribution in [0.2, 0.25) is 0 Å². The van der Waals surface area contributed by atoms with E-state index in [1.54, 1.807) is 0 Å². The highest BCUT2D eigenvalue weighted by molar-refractivity contribution is 6.01. The molecular formula is C14H25NO3. The number of carbonyl (C=O) groups excluding carboxylic acids is 3. The maximum absolute atomic E-state index is 11.3. The third-order valence-corrected chi connectivity index (χ3v) is 2.85. The van der Waals surface area contributed by atoms with Gasteiger partial charge in [0.1, 0.15) is 5.78 Å². The number of rotatable bonds is 6. The fraction of sp³-hybridized carbons (Fsp3) is 0.786. The Morgan fingerprint density at radius 3 is 2.06 bits per heavy atom.